The van der Waals surface area contributed by atoms with E-state index in [2.05, 4.69) is 0 Å². The molecule has 1 aromatic carbocycles. The molecule has 3 rings (SSSR count). The topological polar surface area (TPSA) is 68.2 Å². The first-order valence-electron chi connectivity index (χ1n) is 9.03. The van der Waals surface area contributed by atoms with E-state index >= 15 is 0 Å². The van der Waals surface area contributed by atoms with Crippen LogP contribution in [0.3, 0.4) is 0 Å². The highest BCUT2D eigenvalue weighted by molar-refractivity contribution is 8.17. The predicted molar refractivity (Wildman–Crippen MR) is 105 cm³/mol. The molecular weight excluding hydrogens is 372 g/mol. The SMILES string of the molecule is CC1(C)OCC(O)C(C(OCc2ccccc2)C(O)C2SCCCS2)O1. The molecule has 146 valence electrons. The van der Waals surface area contributed by atoms with Gasteiger partial charge in [0.05, 0.1) is 17.8 Å². The fraction of sp³-hybridized carbons (Fsp3) is 0.684. The molecule has 5 nitrogen and oxygen atoms in total. The van der Waals surface area contributed by atoms with Crippen LogP contribution in [0.15, 0.2) is 30.3 Å². The van der Waals surface area contributed by atoms with Crippen LogP contribution < -0.4 is 0 Å². The summed E-state index contributed by atoms with van der Waals surface area (Å²) in [6.07, 6.45) is -1.69. The Labute approximate surface area is 163 Å². The number of aliphatic hydroxyl groups is 2. The maximum absolute atomic E-state index is 11.1. The number of thioether (sulfide) groups is 2. The summed E-state index contributed by atoms with van der Waals surface area (Å²) in [5.74, 6) is 1.25. The van der Waals surface area contributed by atoms with E-state index in [1.54, 1.807) is 23.5 Å². The number of benzene rings is 1. The van der Waals surface area contributed by atoms with Gasteiger partial charge in [-0.2, -0.15) is 0 Å². The van der Waals surface area contributed by atoms with Crippen molar-refractivity contribution in [2.75, 3.05) is 18.1 Å². The lowest BCUT2D eigenvalue weighted by Crippen LogP contribution is -2.58. The zero-order valence-corrected chi connectivity index (χ0v) is 16.9. The fourth-order valence-corrected chi connectivity index (χ4v) is 6.06. The van der Waals surface area contributed by atoms with E-state index in [-0.39, 0.29) is 11.2 Å². The van der Waals surface area contributed by atoms with Gasteiger partial charge in [0, 0.05) is 0 Å². The molecule has 0 aliphatic carbocycles. The van der Waals surface area contributed by atoms with Crippen LogP contribution in [0.25, 0.3) is 0 Å². The van der Waals surface area contributed by atoms with Crippen molar-refractivity contribution >= 4 is 23.5 Å². The number of rotatable bonds is 6. The lowest BCUT2D eigenvalue weighted by atomic mass is 10.0. The largest absolute Gasteiger partial charge is 0.388 e. The highest BCUT2D eigenvalue weighted by atomic mass is 32.2. The first-order chi connectivity index (χ1) is 12.5. The molecule has 0 bridgehead atoms. The van der Waals surface area contributed by atoms with Gasteiger partial charge < -0.3 is 24.4 Å². The van der Waals surface area contributed by atoms with Gasteiger partial charge in [0.1, 0.15) is 24.4 Å². The maximum atomic E-state index is 11.1. The van der Waals surface area contributed by atoms with E-state index in [0.717, 1.165) is 23.5 Å². The normalized spacial score (nSPS) is 29.2. The van der Waals surface area contributed by atoms with Gasteiger partial charge >= 0.3 is 0 Å². The van der Waals surface area contributed by atoms with Crippen LogP contribution in [-0.4, -0.2) is 63.1 Å². The molecule has 0 amide bonds. The average Bonchev–Trinajstić information content (AvgIpc) is 2.66. The minimum Gasteiger partial charge on any atom is -0.388 e. The van der Waals surface area contributed by atoms with E-state index in [0.29, 0.717) is 6.61 Å². The molecule has 1 aromatic rings. The standard InChI is InChI=1S/C19H28O5S2/c1-19(2)23-12-14(20)16(24-19)17(15(21)18-25-9-6-10-26-18)22-11-13-7-4-3-5-8-13/h3-5,7-8,14-18,20-21H,6,9-12H2,1-2H3. The average molecular weight is 401 g/mol. The molecule has 2 aliphatic heterocycles. The summed E-state index contributed by atoms with van der Waals surface area (Å²) in [4.78, 5) is 0. The van der Waals surface area contributed by atoms with Gasteiger partial charge in [-0.3, -0.25) is 0 Å². The molecule has 2 saturated heterocycles. The molecule has 2 fully saturated rings. The zero-order chi connectivity index (χ0) is 18.6. The van der Waals surface area contributed by atoms with Gasteiger partial charge in [-0.25, -0.2) is 0 Å². The van der Waals surface area contributed by atoms with Crippen LogP contribution in [0, 0.1) is 0 Å². The molecule has 2 heterocycles. The van der Waals surface area contributed by atoms with Crippen molar-refractivity contribution in [1.29, 1.82) is 0 Å². The summed E-state index contributed by atoms with van der Waals surface area (Å²) >= 11 is 3.50. The first-order valence-corrected chi connectivity index (χ1v) is 11.1. The Hall–Kier alpha value is -0.280. The van der Waals surface area contributed by atoms with Crippen LogP contribution in [-0.2, 0) is 20.8 Å². The van der Waals surface area contributed by atoms with Gasteiger partial charge in [0.2, 0.25) is 0 Å². The number of aliphatic hydroxyl groups excluding tert-OH is 2. The van der Waals surface area contributed by atoms with Crippen LogP contribution in [0.4, 0.5) is 0 Å². The molecule has 0 spiro atoms. The lowest BCUT2D eigenvalue weighted by Gasteiger charge is -2.44. The molecular formula is C19H28O5S2. The summed E-state index contributed by atoms with van der Waals surface area (Å²) in [6.45, 7) is 4.16. The van der Waals surface area contributed by atoms with Crippen molar-refractivity contribution in [2.24, 2.45) is 0 Å². The first kappa shape index (κ1) is 20.5. The lowest BCUT2D eigenvalue weighted by molar-refractivity contribution is -0.327. The van der Waals surface area contributed by atoms with Crippen LogP contribution in [0.2, 0.25) is 0 Å². The second-order valence-electron chi connectivity index (χ2n) is 7.08. The van der Waals surface area contributed by atoms with E-state index in [9.17, 15) is 10.2 Å². The third kappa shape index (κ3) is 5.38. The predicted octanol–water partition coefficient (Wildman–Crippen LogP) is 2.64. The molecule has 0 aromatic heterocycles. The molecule has 0 saturated carbocycles. The van der Waals surface area contributed by atoms with Gasteiger partial charge in [-0.05, 0) is 37.3 Å². The van der Waals surface area contributed by atoms with Crippen molar-refractivity contribution in [3.8, 4) is 0 Å². The minimum atomic E-state index is -0.836. The number of hydrogen-bond donors (Lipinski definition) is 2. The van der Waals surface area contributed by atoms with Gasteiger partial charge in [0.15, 0.2) is 5.79 Å². The van der Waals surface area contributed by atoms with Gasteiger partial charge in [-0.1, -0.05) is 30.3 Å². The Bertz CT molecular complexity index is 550. The Morgan fingerprint density at radius 1 is 1.23 bits per heavy atom. The monoisotopic (exact) mass is 400 g/mol. The van der Waals surface area contributed by atoms with Crippen molar-refractivity contribution in [2.45, 2.75) is 61.7 Å². The maximum Gasteiger partial charge on any atom is 0.163 e. The molecule has 2 aliphatic rings. The Morgan fingerprint density at radius 3 is 2.62 bits per heavy atom. The molecule has 26 heavy (non-hydrogen) atoms. The van der Waals surface area contributed by atoms with E-state index in [1.807, 2.05) is 44.2 Å². The number of hydrogen-bond acceptors (Lipinski definition) is 7. The van der Waals surface area contributed by atoms with E-state index in [1.165, 1.54) is 0 Å². The van der Waals surface area contributed by atoms with Crippen molar-refractivity contribution in [3.63, 3.8) is 0 Å². The summed E-state index contributed by atoms with van der Waals surface area (Å²) in [7, 11) is 0. The molecule has 7 heteroatoms. The van der Waals surface area contributed by atoms with Gasteiger partial charge in [0.25, 0.3) is 0 Å². The second kappa shape index (κ2) is 9.28. The molecule has 2 N–H and O–H groups in total. The second-order valence-corrected chi connectivity index (χ2v) is 9.87. The van der Waals surface area contributed by atoms with E-state index in [4.69, 9.17) is 14.2 Å². The minimum absolute atomic E-state index is 0.0197. The smallest absolute Gasteiger partial charge is 0.163 e. The highest BCUT2D eigenvalue weighted by Crippen LogP contribution is 2.37. The molecule has 4 unspecified atom stereocenters. The van der Waals surface area contributed by atoms with Crippen molar-refractivity contribution < 1.29 is 24.4 Å². The zero-order valence-electron chi connectivity index (χ0n) is 15.2. The summed E-state index contributed by atoms with van der Waals surface area (Å²) in [5.41, 5.74) is 1.02. The molecule has 4 atom stereocenters. The fourth-order valence-electron chi connectivity index (χ4n) is 3.12. The highest BCUT2D eigenvalue weighted by Gasteiger charge is 2.45. The Kier molecular flexibility index (Phi) is 7.30. The summed E-state index contributed by atoms with van der Waals surface area (Å²) in [6, 6.07) is 9.84. The van der Waals surface area contributed by atoms with Crippen LogP contribution in [0.1, 0.15) is 25.8 Å². The number of ether oxygens (including phenoxy) is 3. The molecule has 0 radical (unpaired) electrons. The van der Waals surface area contributed by atoms with E-state index < -0.39 is 30.2 Å². The quantitative estimate of drug-likeness (QED) is 0.761. The third-order valence-corrected chi connectivity index (χ3v) is 7.56. The van der Waals surface area contributed by atoms with Crippen molar-refractivity contribution in [1.82, 2.24) is 0 Å². The Morgan fingerprint density at radius 2 is 1.92 bits per heavy atom. The van der Waals surface area contributed by atoms with Crippen LogP contribution in [0.5, 0.6) is 0 Å². The Balaban J connectivity index is 1.75. The van der Waals surface area contributed by atoms with Crippen molar-refractivity contribution in [3.05, 3.63) is 35.9 Å². The summed E-state index contributed by atoms with van der Waals surface area (Å²) < 4.78 is 17.6. The van der Waals surface area contributed by atoms with Gasteiger partial charge in [-0.15, -0.1) is 23.5 Å². The van der Waals surface area contributed by atoms with Crippen LogP contribution >= 0.6 is 23.5 Å². The third-order valence-electron chi connectivity index (χ3n) is 4.48. The summed E-state index contributed by atoms with van der Waals surface area (Å²) in [5, 5.41) is 21.5.